The number of nitrogens with zero attached hydrogens (tertiary/aromatic N) is 8. The lowest BCUT2D eigenvalue weighted by Crippen LogP contribution is -2.65. The lowest BCUT2D eigenvalue weighted by molar-refractivity contribution is -0.0445. The van der Waals surface area contributed by atoms with E-state index in [4.69, 9.17) is 4.74 Å². The highest BCUT2D eigenvalue weighted by Gasteiger charge is 2.48. The molecular weight excluding hydrogens is 482 g/mol. The Hall–Kier alpha value is -4.17. The zero-order chi connectivity index (χ0) is 26.3. The van der Waals surface area contributed by atoms with Crippen LogP contribution in [0.4, 0.5) is 0 Å². The molecule has 11 heteroatoms. The van der Waals surface area contributed by atoms with E-state index in [2.05, 4.69) is 41.0 Å². The van der Waals surface area contributed by atoms with Gasteiger partial charge in [-0.3, -0.25) is 14.4 Å². The van der Waals surface area contributed by atoms with E-state index >= 15 is 0 Å². The minimum absolute atomic E-state index is 0.0669. The van der Waals surface area contributed by atoms with Crippen molar-refractivity contribution in [1.29, 1.82) is 5.26 Å². The molecule has 2 fully saturated rings. The van der Waals surface area contributed by atoms with Crippen LogP contribution in [-0.2, 0) is 5.54 Å². The van der Waals surface area contributed by atoms with E-state index in [0.717, 1.165) is 61.1 Å². The predicted octanol–water partition coefficient (Wildman–Crippen LogP) is 3.44. The van der Waals surface area contributed by atoms with Crippen LogP contribution in [0.3, 0.4) is 0 Å². The maximum atomic E-state index is 11.7. The first-order valence-corrected chi connectivity index (χ1v) is 12.9. The van der Waals surface area contributed by atoms with Crippen LogP contribution < -0.4 is 4.74 Å². The molecule has 0 aromatic carbocycles. The van der Waals surface area contributed by atoms with E-state index in [1.54, 1.807) is 19.3 Å². The standard InChI is InChI=1S/C27H29N9O2/c1-17(37)23-11-24(34-18(2)33-23)38-21-5-3-20(4-6-21)35-14-27(15-35,8-9-28)36-13-19(12-32-36)25-22-7-10-29-26(22)31-16-30-25/h7,10-13,16,20-21H,3-6,8,14-15H2,1-2H3,(H,29,30,31)/t20-,21+. The highest BCUT2D eigenvalue weighted by atomic mass is 16.5. The van der Waals surface area contributed by atoms with E-state index < -0.39 is 0 Å². The van der Waals surface area contributed by atoms with Gasteiger partial charge >= 0.3 is 0 Å². The average molecular weight is 512 g/mol. The summed E-state index contributed by atoms with van der Waals surface area (Å²) >= 11 is 0. The quantitative estimate of drug-likeness (QED) is 0.370. The lowest BCUT2D eigenvalue weighted by Gasteiger charge is -2.53. The third kappa shape index (κ3) is 4.41. The molecule has 0 spiro atoms. The third-order valence-electron chi connectivity index (χ3n) is 7.72. The minimum Gasteiger partial charge on any atom is -0.474 e. The van der Waals surface area contributed by atoms with Crippen molar-refractivity contribution in [3.05, 3.63) is 48.6 Å². The topological polar surface area (TPSA) is 138 Å². The molecular formula is C27H29N9O2. The number of fused-ring (bicyclic) bond motifs is 1. The van der Waals surface area contributed by atoms with Gasteiger partial charge in [-0.15, -0.1) is 0 Å². The first-order valence-electron chi connectivity index (χ1n) is 12.9. The van der Waals surface area contributed by atoms with Crippen LogP contribution in [0.15, 0.2) is 37.1 Å². The van der Waals surface area contributed by atoms with E-state index in [1.165, 1.54) is 6.92 Å². The maximum Gasteiger partial charge on any atom is 0.217 e. The van der Waals surface area contributed by atoms with Crippen molar-refractivity contribution >= 4 is 16.8 Å². The summed E-state index contributed by atoms with van der Waals surface area (Å²) in [6.07, 6.45) is 11.5. The Kier molecular flexibility index (Phi) is 6.12. The number of ketones is 1. The Morgan fingerprint density at radius 3 is 2.82 bits per heavy atom. The molecule has 1 saturated heterocycles. The highest BCUT2D eigenvalue weighted by molar-refractivity contribution is 5.92. The van der Waals surface area contributed by atoms with Gasteiger partial charge in [0, 0.05) is 55.5 Å². The Balaban J connectivity index is 1.10. The molecule has 4 aromatic heterocycles. The van der Waals surface area contributed by atoms with Crippen molar-refractivity contribution in [2.45, 2.75) is 63.6 Å². The van der Waals surface area contributed by atoms with Gasteiger partial charge in [-0.05, 0) is 38.7 Å². The largest absolute Gasteiger partial charge is 0.474 e. The number of nitrogens with one attached hydrogen (secondary N) is 1. The summed E-state index contributed by atoms with van der Waals surface area (Å²) < 4.78 is 8.09. The molecule has 2 aliphatic rings. The first kappa shape index (κ1) is 24.2. The van der Waals surface area contributed by atoms with Crippen molar-refractivity contribution < 1.29 is 9.53 Å². The van der Waals surface area contributed by atoms with Crippen LogP contribution >= 0.6 is 0 Å². The van der Waals surface area contributed by atoms with Crippen LogP contribution in [0.5, 0.6) is 5.88 Å². The second kappa shape index (κ2) is 9.61. The zero-order valence-corrected chi connectivity index (χ0v) is 21.5. The predicted molar refractivity (Wildman–Crippen MR) is 138 cm³/mol. The fraction of sp³-hybridized carbons (Fsp3) is 0.444. The Morgan fingerprint density at radius 2 is 2.05 bits per heavy atom. The van der Waals surface area contributed by atoms with Gasteiger partial charge in [-0.1, -0.05) is 0 Å². The zero-order valence-electron chi connectivity index (χ0n) is 21.5. The number of likely N-dealkylation sites (tertiary alicyclic amines) is 1. The normalized spacial score (nSPS) is 21.1. The molecule has 4 aromatic rings. The fourth-order valence-corrected chi connectivity index (χ4v) is 5.74. The Bertz CT molecular complexity index is 1520. The summed E-state index contributed by atoms with van der Waals surface area (Å²) in [6, 6.07) is 6.42. The van der Waals surface area contributed by atoms with E-state index in [1.807, 2.05) is 29.3 Å². The van der Waals surface area contributed by atoms with E-state index in [9.17, 15) is 10.1 Å². The van der Waals surface area contributed by atoms with E-state index in [0.29, 0.717) is 29.9 Å². The van der Waals surface area contributed by atoms with Crippen molar-refractivity contribution in [3.63, 3.8) is 0 Å². The molecule has 5 heterocycles. The second-order valence-corrected chi connectivity index (χ2v) is 10.3. The summed E-state index contributed by atoms with van der Waals surface area (Å²) in [7, 11) is 0. The van der Waals surface area contributed by atoms with Gasteiger partial charge in [0.25, 0.3) is 0 Å². The van der Waals surface area contributed by atoms with Gasteiger partial charge in [-0.2, -0.15) is 15.3 Å². The number of ether oxygens (including phenoxy) is 1. The molecule has 194 valence electrons. The smallest absolute Gasteiger partial charge is 0.217 e. The average Bonchev–Trinajstić information content (AvgIpc) is 3.56. The molecule has 11 nitrogen and oxygen atoms in total. The van der Waals surface area contributed by atoms with E-state index in [-0.39, 0.29) is 17.4 Å². The summed E-state index contributed by atoms with van der Waals surface area (Å²) in [5.41, 5.74) is 2.58. The van der Waals surface area contributed by atoms with Crippen LogP contribution in [0.25, 0.3) is 22.3 Å². The van der Waals surface area contributed by atoms with Crippen LogP contribution in [0.1, 0.15) is 55.3 Å². The van der Waals surface area contributed by atoms with Gasteiger partial charge in [0.15, 0.2) is 5.78 Å². The summed E-state index contributed by atoms with van der Waals surface area (Å²) in [5.74, 6) is 0.912. The molecule has 1 aliphatic heterocycles. The number of carbonyl (C=O) groups is 1. The first-order chi connectivity index (χ1) is 18.4. The van der Waals surface area contributed by atoms with Gasteiger partial charge in [0.1, 0.15) is 35.1 Å². The van der Waals surface area contributed by atoms with Crippen LogP contribution in [0.2, 0.25) is 0 Å². The van der Waals surface area contributed by atoms with Crippen molar-refractivity contribution in [2.24, 2.45) is 0 Å². The second-order valence-electron chi connectivity index (χ2n) is 10.3. The number of aromatic amines is 1. The number of Topliss-reactive ketones (excluding diaryl/α,β-unsaturated/α-hetero) is 1. The van der Waals surface area contributed by atoms with Crippen LogP contribution in [0, 0.1) is 18.3 Å². The van der Waals surface area contributed by atoms with Crippen molar-refractivity contribution in [2.75, 3.05) is 13.1 Å². The van der Waals surface area contributed by atoms with Crippen molar-refractivity contribution in [1.82, 2.24) is 39.6 Å². The lowest BCUT2D eigenvalue weighted by atomic mass is 9.82. The monoisotopic (exact) mass is 511 g/mol. The molecule has 38 heavy (non-hydrogen) atoms. The molecule has 0 radical (unpaired) electrons. The Labute approximate surface area is 219 Å². The molecule has 1 saturated carbocycles. The molecule has 1 N–H and O–H groups in total. The molecule has 0 amide bonds. The fourth-order valence-electron chi connectivity index (χ4n) is 5.74. The third-order valence-corrected chi connectivity index (χ3v) is 7.72. The number of aromatic nitrogens is 7. The number of H-pyrrole nitrogens is 1. The summed E-state index contributed by atoms with van der Waals surface area (Å²) in [4.78, 5) is 34.6. The Morgan fingerprint density at radius 1 is 1.24 bits per heavy atom. The van der Waals surface area contributed by atoms with Gasteiger partial charge in [0.05, 0.1) is 24.4 Å². The molecule has 1 aliphatic carbocycles. The van der Waals surface area contributed by atoms with Crippen molar-refractivity contribution in [3.8, 4) is 23.2 Å². The molecule has 0 atom stereocenters. The number of carbonyl (C=O) groups excluding carboxylic acids is 1. The number of rotatable bonds is 7. The van der Waals surface area contributed by atoms with Gasteiger partial charge in [0.2, 0.25) is 5.88 Å². The maximum absolute atomic E-state index is 11.7. The summed E-state index contributed by atoms with van der Waals surface area (Å²) in [5, 5.41) is 15.3. The SMILES string of the molecule is CC(=O)c1cc(O[C@H]2CC[C@@H](N3CC(CC#N)(n4cc(-c5ncnc6[nH]ccc56)cn4)C3)CC2)nc(C)n1. The molecule has 6 rings (SSSR count). The number of nitriles is 1. The minimum atomic E-state index is -0.341. The summed E-state index contributed by atoms with van der Waals surface area (Å²) in [6.45, 7) is 4.84. The van der Waals surface area contributed by atoms with Gasteiger partial charge < -0.3 is 9.72 Å². The molecule has 0 bridgehead atoms. The van der Waals surface area contributed by atoms with Crippen LogP contribution in [-0.4, -0.2) is 70.6 Å². The number of hydrogen-bond donors (Lipinski definition) is 1. The number of aryl methyl sites for hydroxylation is 1. The number of hydrogen-bond acceptors (Lipinski definition) is 9. The van der Waals surface area contributed by atoms with Gasteiger partial charge in [-0.25, -0.2) is 15.0 Å². The molecule has 0 unspecified atom stereocenters. The highest BCUT2D eigenvalue weighted by Crippen LogP contribution is 2.38.